The van der Waals surface area contributed by atoms with Crippen molar-refractivity contribution in [3.05, 3.63) is 3.95 Å². The molecule has 0 atom stereocenters. The number of hydrogen-bond acceptors (Lipinski definition) is 5. The Kier molecular flexibility index (Phi) is 4.02. The number of carbonyl (C=O) groups excluding carboxylic acids is 1. The number of aromatic nitrogens is 2. The minimum absolute atomic E-state index is 0.0941. The summed E-state index contributed by atoms with van der Waals surface area (Å²) in [6, 6.07) is 0. The summed E-state index contributed by atoms with van der Waals surface area (Å²) in [5.41, 5.74) is 0. The van der Waals surface area contributed by atoms with Crippen LogP contribution >= 0.6 is 23.6 Å². The molecule has 1 rings (SSSR count). The predicted octanol–water partition coefficient (Wildman–Crippen LogP) is 1.09. The van der Waals surface area contributed by atoms with Gasteiger partial charge in [0.2, 0.25) is 11.0 Å². The van der Waals surface area contributed by atoms with Crippen LogP contribution in [0.5, 0.6) is 0 Å². The molecule has 0 fully saturated rings. The van der Waals surface area contributed by atoms with Gasteiger partial charge < -0.3 is 10.2 Å². The molecule has 0 radical (unpaired) electrons. The van der Waals surface area contributed by atoms with Crippen molar-refractivity contribution in [2.75, 3.05) is 26.0 Å². The van der Waals surface area contributed by atoms with E-state index in [1.54, 1.807) is 19.0 Å². The standard InChI is InChI=1S/C7H12N4OS2/c1-11(2)5(12)3-4-8-6-9-10-7(13)14-6/h3-4H2,1-2H3,(H,8,9)(H,10,13). The van der Waals surface area contributed by atoms with E-state index in [4.69, 9.17) is 12.2 Å². The minimum Gasteiger partial charge on any atom is -0.360 e. The summed E-state index contributed by atoms with van der Waals surface area (Å²) in [6.45, 7) is 0.577. The minimum atomic E-state index is 0.0941. The summed E-state index contributed by atoms with van der Waals surface area (Å²) in [7, 11) is 3.47. The van der Waals surface area contributed by atoms with Gasteiger partial charge in [0.25, 0.3) is 0 Å². The second kappa shape index (κ2) is 5.06. The summed E-state index contributed by atoms with van der Waals surface area (Å²) in [6.07, 6.45) is 0.458. The molecule has 1 aromatic rings. The van der Waals surface area contributed by atoms with E-state index in [1.165, 1.54) is 11.3 Å². The fourth-order valence-electron chi connectivity index (χ4n) is 0.805. The first kappa shape index (κ1) is 11.1. The lowest BCUT2D eigenvalue weighted by Crippen LogP contribution is -2.23. The van der Waals surface area contributed by atoms with Crippen molar-refractivity contribution in [1.29, 1.82) is 0 Å². The van der Waals surface area contributed by atoms with Gasteiger partial charge in [0.05, 0.1) is 0 Å². The van der Waals surface area contributed by atoms with Crippen LogP contribution in [0, 0.1) is 3.95 Å². The second-order valence-electron chi connectivity index (χ2n) is 2.88. The Morgan fingerprint density at radius 2 is 2.43 bits per heavy atom. The van der Waals surface area contributed by atoms with E-state index in [2.05, 4.69) is 15.5 Å². The lowest BCUT2D eigenvalue weighted by Gasteiger charge is -2.09. The van der Waals surface area contributed by atoms with Gasteiger partial charge in [-0.05, 0) is 12.2 Å². The Hall–Kier alpha value is -0.950. The zero-order valence-corrected chi connectivity index (χ0v) is 9.67. The normalized spacial score (nSPS) is 9.86. The van der Waals surface area contributed by atoms with Crippen LogP contribution < -0.4 is 5.32 Å². The highest BCUT2D eigenvalue weighted by atomic mass is 32.1. The van der Waals surface area contributed by atoms with Crippen molar-refractivity contribution < 1.29 is 4.79 Å². The van der Waals surface area contributed by atoms with E-state index in [-0.39, 0.29) is 5.91 Å². The van der Waals surface area contributed by atoms with Crippen molar-refractivity contribution >= 4 is 34.6 Å². The molecule has 5 nitrogen and oxygen atoms in total. The lowest BCUT2D eigenvalue weighted by atomic mass is 10.4. The third kappa shape index (κ3) is 3.43. The zero-order valence-electron chi connectivity index (χ0n) is 8.03. The topological polar surface area (TPSA) is 61.0 Å². The van der Waals surface area contributed by atoms with Crippen molar-refractivity contribution in [2.45, 2.75) is 6.42 Å². The Morgan fingerprint density at radius 1 is 1.71 bits per heavy atom. The molecule has 0 aliphatic heterocycles. The number of carbonyl (C=O) groups is 1. The van der Waals surface area contributed by atoms with E-state index in [0.717, 1.165) is 5.13 Å². The number of aromatic amines is 1. The SMILES string of the molecule is CN(C)C(=O)CCNc1n[nH]c(=S)s1. The third-order valence-corrected chi connectivity index (χ3v) is 2.60. The van der Waals surface area contributed by atoms with Crippen LogP contribution in [0.25, 0.3) is 0 Å². The van der Waals surface area contributed by atoms with Gasteiger partial charge in [-0.2, -0.15) is 0 Å². The van der Waals surface area contributed by atoms with Gasteiger partial charge in [0.15, 0.2) is 3.95 Å². The van der Waals surface area contributed by atoms with E-state index in [1.807, 2.05) is 0 Å². The smallest absolute Gasteiger partial charge is 0.223 e. The van der Waals surface area contributed by atoms with Crippen LogP contribution in [0.2, 0.25) is 0 Å². The van der Waals surface area contributed by atoms with Crippen LogP contribution in [0.1, 0.15) is 6.42 Å². The first-order valence-electron chi connectivity index (χ1n) is 4.09. The fourth-order valence-corrected chi connectivity index (χ4v) is 1.62. The molecule has 0 bridgehead atoms. The summed E-state index contributed by atoms with van der Waals surface area (Å²) in [5.74, 6) is 0.0941. The van der Waals surface area contributed by atoms with Crippen LogP contribution in [0.15, 0.2) is 0 Å². The lowest BCUT2D eigenvalue weighted by molar-refractivity contribution is -0.128. The van der Waals surface area contributed by atoms with Gasteiger partial charge in [0, 0.05) is 27.1 Å². The highest BCUT2D eigenvalue weighted by Gasteiger charge is 2.03. The Morgan fingerprint density at radius 3 is 2.93 bits per heavy atom. The molecule has 14 heavy (non-hydrogen) atoms. The maximum atomic E-state index is 11.2. The molecule has 0 unspecified atom stereocenters. The third-order valence-electron chi connectivity index (χ3n) is 1.55. The van der Waals surface area contributed by atoms with Gasteiger partial charge in [-0.3, -0.25) is 9.89 Å². The molecule has 2 N–H and O–H groups in total. The van der Waals surface area contributed by atoms with E-state index >= 15 is 0 Å². The van der Waals surface area contributed by atoms with Crippen LogP contribution in [-0.2, 0) is 4.79 Å². The number of anilines is 1. The van der Waals surface area contributed by atoms with Crippen LogP contribution in [0.4, 0.5) is 5.13 Å². The maximum absolute atomic E-state index is 11.2. The Labute approximate surface area is 91.1 Å². The number of nitrogens with zero attached hydrogens (tertiary/aromatic N) is 2. The van der Waals surface area contributed by atoms with Crippen molar-refractivity contribution in [1.82, 2.24) is 15.1 Å². The largest absolute Gasteiger partial charge is 0.360 e. The second-order valence-corrected chi connectivity index (χ2v) is 4.55. The van der Waals surface area contributed by atoms with Gasteiger partial charge >= 0.3 is 0 Å². The van der Waals surface area contributed by atoms with Gasteiger partial charge in [0.1, 0.15) is 0 Å². The van der Waals surface area contributed by atoms with Crippen molar-refractivity contribution in [3.8, 4) is 0 Å². The molecule has 0 spiro atoms. The number of nitrogens with one attached hydrogen (secondary N) is 2. The maximum Gasteiger partial charge on any atom is 0.223 e. The number of H-pyrrole nitrogens is 1. The van der Waals surface area contributed by atoms with Crippen LogP contribution in [-0.4, -0.2) is 41.6 Å². The number of hydrogen-bond donors (Lipinski definition) is 2. The van der Waals surface area contributed by atoms with Gasteiger partial charge in [-0.1, -0.05) is 11.3 Å². The monoisotopic (exact) mass is 232 g/mol. The summed E-state index contributed by atoms with van der Waals surface area (Å²) < 4.78 is 0.631. The van der Waals surface area contributed by atoms with E-state index < -0.39 is 0 Å². The molecule has 0 aliphatic carbocycles. The van der Waals surface area contributed by atoms with E-state index in [9.17, 15) is 4.79 Å². The molecule has 78 valence electrons. The van der Waals surface area contributed by atoms with E-state index in [0.29, 0.717) is 16.9 Å². The first-order chi connectivity index (χ1) is 6.59. The molecule has 0 saturated heterocycles. The average Bonchev–Trinajstić information content (AvgIpc) is 2.51. The fraction of sp³-hybridized carbons (Fsp3) is 0.571. The highest BCUT2D eigenvalue weighted by Crippen LogP contribution is 2.10. The molecule has 0 saturated carbocycles. The summed E-state index contributed by atoms with van der Waals surface area (Å²) in [4.78, 5) is 12.7. The van der Waals surface area contributed by atoms with Crippen molar-refractivity contribution in [3.63, 3.8) is 0 Å². The zero-order chi connectivity index (χ0) is 10.6. The predicted molar refractivity (Wildman–Crippen MR) is 59.1 cm³/mol. The average molecular weight is 232 g/mol. The quantitative estimate of drug-likeness (QED) is 0.763. The Bertz CT molecular complexity index is 357. The molecule has 1 amide bonds. The number of amides is 1. The molecule has 0 aromatic carbocycles. The molecule has 1 aromatic heterocycles. The molecular formula is C7H12N4OS2. The summed E-state index contributed by atoms with van der Waals surface area (Å²) in [5, 5.41) is 10.3. The van der Waals surface area contributed by atoms with Gasteiger partial charge in [-0.25, -0.2) is 0 Å². The number of rotatable bonds is 4. The molecular weight excluding hydrogens is 220 g/mol. The van der Waals surface area contributed by atoms with Crippen molar-refractivity contribution in [2.24, 2.45) is 0 Å². The van der Waals surface area contributed by atoms with Crippen LogP contribution in [0.3, 0.4) is 0 Å². The molecule has 0 aliphatic rings. The molecule has 7 heteroatoms. The van der Waals surface area contributed by atoms with Gasteiger partial charge in [-0.15, -0.1) is 5.10 Å². The Balaban J connectivity index is 2.29. The first-order valence-corrected chi connectivity index (χ1v) is 5.31. The highest BCUT2D eigenvalue weighted by molar-refractivity contribution is 7.73. The summed E-state index contributed by atoms with van der Waals surface area (Å²) >= 11 is 6.22. The molecule has 1 heterocycles.